The van der Waals surface area contributed by atoms with Crippen molar-refractivity contribution in [3.05, 3.63) is 33.1 Å². The average Bonchev–Trinajstić information content (AvgIpc) is 3.21. The van der Waals surface area contributed by atoms with E-state index < -0.39 is 0 Å². The van der Waals surface area contributed by atoms with E-state index in [0.29, 0.717) is 5.69 Å². The van der Waals surface area contributed by atoms with Gasteiger partial charge in [0.2, 0.25) is 0 Å². The average molecular weight is 346 g/mol. The summed E-state index contributed by atoms with van der Waals surface area (Å²) < 4.78 is 5.39. The highest BCUT2D eigenvalue weighted by Gasteiger charge is 2.29. The number of aryl methyl sites for hydroxylation is 2. The molecule has 3 heterocycles. The van der Waals surface area contributed by atoms with Crippen molar-refractivity contribution in [1.82, 2.24) is 19.9 Å². The largest absolute Gasteiger partial charge is 0.360 e. The molecule has 24 heavy (non-hydrogen) atoms. The van der Waals surface area contributed by atoms with Gasteiger partial charge in [0.15, 0.2) is 5.69 Å². The van der Waals surface area contributed by atoms with E-state index in [-0.39, 0.29) is 5.91 Å². The molecule has 6 nitrogen and oxygen atoms in total. The van der Waals surface area contributed by atoms with Gasteiger partial charge in [-0.05, 0) is 26.2 Å². The van der Waals surface area contributed by atoms with Crippen LogP contribution in [0.15, 0.2) is 9.90 Å². The van der Waals surface area contributed by atoms with Crippen LogP contribution in [0.5, 0.6) is 0 Å². The fourth-order valence-corrected chi connectivity index (χ4v) is 4.13. The summed E-state index contributed by atoms with van der Waals surface area (Å²) in [7, 11) is 0. The summed E-state index contributed by atoms with van der Waals surface area (Å²) >= 11 is 1.69. The number of carbonyl (C=O) groups is 1. The lowest BCUT2D eigenvalue weighted by atomic mass is 9.96. The lowest BCUT2D eigenvalue weighted by Crippen LogP contribution is -2.48. The fourth-order valence-electron chi connectivity index (χ4n) is 3.52. The van der Waals surface area contributed by atoms with Gasteiger partial charge in [0, 0.05) is 50.1 Å². The van der Waals surface area contributed by atoms with E-state index in [9.17, 15) is 4.79 Å². The van der Waals surface area contributed by atoms with Crippen molar-refractivity contribution in [2.75, 3.05) is 26.2 Å². The number of amides is 1. The summed E-state index contributed by atoms with van der Waals surface area (Å²) in [6.07, 6.45) is 4.08. The fraction of sp³-hybridized carbons (Fsp3) is 0.588. The minimum Gasteiger partial charge on any atom is -0.360 e. The van der Waals surface area contributed by atoms with Crippen molar-refractivity contribution in [3.63, 3.8) is 0 Å². The first kappa shape index (κ1) is 15.8. The summed E-state index contributed by atoms with van der Waals surface area (Å²) in [5.41, 5.74) is 2.72. The number of nitrogens with zero attached hydrogens (tertiary/aromatic N) is 4. The Morgan fingerprint density at radius 1 is 1.25 bits per heavy atom. The normalized spacial score (nSPS) is 18.6. The highest BCUT2D eigenvalue weighted by atomic mass is 32.1. The highest BCUT2D eigenvalue weighted by molar-refractivity contribution is 7.09. The molecule has 0 unspecified atom stereocenters. The molecule has 2 aromatic heterocycles. The minimum atomic E-state index is 0.0334. The van der Waals surface area contributed by atoms with Gasteiger partial charge >= 0.3 is 0 Å². The van der Waals surface area contributed by atoms with Crippen LogP contribution < -0.4 is 0 Å². The molecule has 7 heteroatoms. The van der Waals surface area contributed by atoms with Crippen LogP contribution in [-0.2, 0) is 19.4 Å². The molecule has 0 saturated carbocycles. The molecular formula is C17H22N4O2S. The molecule has 1 aliphatic heterocycles. The standard InChI is InChI=1S/C17H22N4O2S/c1-12-18-13(11-24-12)10-20-6-8-21(9-7-20)17(22)16-14-4-2-3-5-15(14)23-19-16/h11H,2-10H2,1H3. The molecule has 1 fully saturated rings. The van der Waals surface area contributed by atoms with Gasteiger partial charge in [0.1, 0.15) is 5.76 Å². The highest BCUT2D eigenvalue weighted by Crippen LogP contribution is 2.25. The van der Waals surface area contributed by atoms with E-state index in [2.05, 4.69) is 20.4 Å². The van der Waals surface area contributed by atoms with Crippen LogP contribution in [-0.4, -0.2) is 52.0 Å². The lowest BCUT2D eigenvalue weighted by molar-refractivity contribution is 0.0616. The number of hydrogen-bond acceptors (Lipinski definition) is 6. The van der Waals surface area contributed by atoms with Crippen molar-refractivity contribution in [1.29, 1.82) is 0 Å². The van der Waals surface area contributed by atoms with Crippen LogP contribution in [0.3, 0.4) is 0 Å². The second kappa shape index (κ2) is 6.64. The van der Waals surface area contributed by atoms with Crippen LogP contribution >= 0.6 is 11.3 Å². The Bertz CT molecular complexity index is 731. The van der Waals surface area contributed by atoms with Gasteiger partial charge in [-0.2, -0.15) is 0 Å². The number of aromatic nitrogens is 2. The summed E-state index contributed by atoms with van der Waals surface area (Å²) in [5, 5.41) is 7.30. The molecule has 4 rings (SSSR count). The first-order chi connectivity index (χ1) is 11.7. The number of rotatable bonds is 3. The van der Waals surface area contributed by atoms with Gasteiger partial charge in [-0.15, -0.1) is 11.3 Å². The first-order valence-corrected chi connectivity index (χ1v) is 9.49. The maximum atomic E-state index is 12.8. The molecule has 1 aliphatic carbocycles. The van der Waals surface area contributed by atoms with Crippen molar-refractivity contribution in [2.45, 2.75) is 39.2 Å². The molecule has 2 aliphatic rings. The molecule has 1 amide bonds. The van der Waals surface area contributed by atoms with E-state index in [1.807, 2.05) is 11.8 Å². The van der Waals surface area contributed by atoms with Crippen LogP contribution in [0.1, 0.15) is 45.4 Å². The maximum Gasteiger partial charge on any atom is 0.276 e. The third-order valence-corrected chi connectivity index (χ3v) is 5.69. The number of fused-ring (bicyclic) bond motifs is 1. The van der Waals surface area contributed by atoms with Crippen molar-refractivity contribution in [3.8, 4) is 0 Å². The van der Waals surface area contributed by atoms with Crippen molar-refractivity contribution in [2.24, 2.45) is 0 Å². The van der Waals surface area contributed by atoms with Gasteiger partial charge < -0.3 is 9.42 Å². The summed E-state index contributed by atoms with van der Waals surface area (Å²) in [5.74, 6) is 0.952. The van der Waals surface area contributed by atoms with E-state index >= 15 is 0 Å². The number of piperazine rings is 1. The summed E-state index contributed by atoms with van der Waals surface area (Å²) in [6.45, 7) is 6.13. The van der Waals surface area contributed by atoms with Gasteiger partial charge in [-0.1, -0.05) is 5.16 Å². The second-order valence-electron chi connectivity index (χ2n) is 6.57. The Hall–Kier alpha value is -1.73. The molecule has 0 spiro atoms. The molecule has 0 N–H and O–H groups in total. The number of thiazole rings is 1. The van der Waals surface area contributed by atoms with E-state index in [1.165, 1.54) is 0 Å². The third-order valence-electron chi connectivity index (χ3n) is 4.86. The van der Waals surface area contributed by atoms with Gasteiger partial charge in [0.25, 0.3) is 5.91 Å². The molecule has 2 aromatic rings. The van der Waals surface area contributed by atoms with Crippen LogP contribution in [0, 0.1) is 6.92 Å². The summed E-state index contributed by atoms with van der Waals surface area (Å²) in [4.78, 5) is 21.6. The zero-order valence-corrected chi connectivity index (χ0v) is 14.8. The SMILES string of the molecule is Cc1nc(CN2CCN(C(=O)c3noc4c3CCCC4)CC2)cs1. The first-order valence-electron chi connectivity index (χ1n) is 8.61. The van der Waals surface area contributed by atoms with E-state index in [4.69, 9.17) is 4.52 Å². The van der Waals surface area contributed by atoms with Gasteiger partial charge in [-0.3, -0.25) is 9.69 Å². The Labute approximate surface area is 145 Å². The lowest BCUT2D eigenvalue weighted by Gasteiger charge is -2.34. The van der Waals surface area contributed by atoms with E-state index in [0.717, 1.165) is 80.4 Å². The quantitative estimate of drug-likeness (QED) is 0.853. The number of carbonyl (C=O) groups excluding carboxylic acids is 1. The zero-order valence-electron chi connectivity index (χ0n) is 14.0. The smallest absolute Gasteiger partial charge is 0.276 e. The molecule has 0 bridgehead atoms. The van der Waals surface area contributed by atoms with Crippen LogP contribution in [0.25, 0.3) is 0 Å². The predicted molar refractivity (Wildman–Crippen MR) is 91.2 cm³/mol. The molecule has 0 aromatic carbocycles. The zero-order chi connectivity index (χ0) is 16.5. The van der Waals surface area contributed by atoms with Crippen molar-refractivity contribution >= 4 is 17.2 Å². The molecule has 0 radical (unpaired) electrons. The predicted octanol–water partition coefficient (Wildman–Crippen LogP) is 2.28. The maximum absolute atomic E-state index is 12.8. The van der Waals surface area contributed by atoms with Gasteiger partial charge in [0.05, 0.1) is 10.7 Å². The Morgan fingerprint density at radius 3 is 2.79 bits per heavy atom. The summed E-state index contributed by atoms with van der Waals surface area (Å²) in [6, 6.07) is 0. The number of hydrogen-bond donors (Lipinski definition) is 0. The second-order valence-corrected chi connectivity index (χ2v) is 7.63. The van der Waals surface area contributed by atoms with E-state index in [1.54, 1.807) is 11.3 Å². The molecule has 1 saturated heterocycles. The van der Waals surface area contributed by atoms with Crippen LogP contribution in [0.2, 0.25) is 0 Å². The molecular weight excluding hydrogens is 324 g/mol. The Morgan fingerprint density at radius 2 is 2.04 bits per heavy atom. The monoisotopic (exact) mass is 346 g/mol. The topological polar surface area (TPSA) is 62.5 Å². The van der Waals surface area contributed by atoms with Crippen LogP contribution in [0.4, 0.5) is 0 Å². The minimum absolute atomic E-state index is 0.0334. The van der Waals surface area contributed by atoms with Crippen molar-refractivity contribution < 1.29 is 9.32 Å². The Kier molecular flexibility index (Phi) is 4.37. The molecule has 128 valence electrons. The van der Waals surface area contributed by atoms with Gasteiger partial charge in [-0.25, -0.2) is 4.98 Å². The Balaban J connectivity index is 1.37. The molecule has 0 atom stereocenters. The third kappa shape index (κ3) is 3.10.